The molecule has 1 amide bonds. The van der Waals surface area contributed by atoms with Crippen molar-refractivity contribution in [2.45, 2.75) is 43.9 Å². The molecule has 2 heterocycles. The van der Waals surface area contributed by atoms with E-state index in [1.54, 1.807) is 46.6 Å². The van der Waals surface area contributed by atoms with Crippen LogP contribution in [0.4, 0.5) is 0 Å². The van der Waals surface area contributed by atoms with Gasteiger partial charge in [-0.1, -0.05) is 18.2 Å². The molecular weight excluding hydrogens is 368 g/mol. The largest absolute Gasteiger partial charge is 0.343 e. The third kappa shape index (κ3) is 4.32. The molecule has 0 N–H and O–H groups in total. The van der Waals surface area contributed by atoms with Crippen molar-refractivity contribution in [1.82, 2.24) is 9.88 Å². The molecule has 26 heavy (non-hydrogen) atoms. The maximum absolute atomic E-state index is 12.4. The highest BCUT2D eigenvalue weighted by molar-refractivity contribution is 7.91. The molecule has 1 aliphatic heterocycles. The van der Waals surface area contributed by atoms with E-state index in [0.717, 1.165) is 18.5 Å². The number of likely N-dealkylation sites (tertiary alicyclic amines) is 1. The van der Waals surface area contributed by atoms with Gasteiger partial charge in [0.1, 0.15) is 0 Å². The highest BCUT2D eigenvalue weighted by Gasteiger charge is 2.27. The molecule has 0 bridgehead atoms. The van der Waals surface area contributed by atoms with E-state index in [1.807, 2.05) is 6.92 Å². The Bertz CT molecular complexity index is 848. The Morgan fingerprint density at radius 1 is 1.19 bits per heavy atom. The monoisotopic (exact) mass is 392 g/mol. The number of piperidine rings is 1. The molecule has 140 valence electrons. The minimum absolute atomic E-state index is 0.0391. The summed E-state index contributed by atoms with van der Waals surface area (Å²) in [5.41, 5.74) is 1.09. The van der Waals surface area contributed by atoms with E-state index in [4.69, 9.17) is 0 Å². The van der Waals surface area contributed by atoms with E-state index in [-0.39, 0.29) is 23.0 Å². The second-order valence-electron chi connectivity index (χ2n) is 6.73. The Hall–Kier alpha value is -1.73. The van der Waals surface area contributed by atoms with Gasteiger partial charge < -0.3 is 4.90 Å². The van der Waals surface area contributed by atoms with Crippen LogP contribution in [-0.4, -0.2) is 43.1 Å². The molecule has 1 aromatic heterocycles. The SMILES string of the molecule is Cc1nc(C2CCN(C(=O)CCS(=O)(=O)c3ccccc3)CC2)sc1C. The molecule has 3 rings (SSSR count). The Morgan fingerprint density at radius 3 is 2.42 bits per heavy atom. The summed E-state index contributed by atoms with van der Waals surface area (Å²) in [6.45, 7) is 5.46. The highest BCUT2D eigenvalue weighted by atomic mass is 32.2. The van der Waals surface area contributed by atoms with Gasteiger partial charge >= 0.3 is 0 Å². The quantitative estimate of drug-likeness (QED) is 0.783. The van der Waals surface area contributed by atoms with Crippen molar-refractivity contribution in [2.75, 3.05) is 18.8 Å². The van der Waals surface area contributed by atoms with E-state index in [2.05, 4.69) is 11.9 Å². The van der Waals surface area contributed by atoms with Gasteiger partial charge in [-0.25, -0.2) is 13.4 Å². The van der Waals surface area contributed by atoms with Crippen LogP contribution >= 0.6 is 11.3 Å². The van der Waals surface area contributed by atoms with Crippen molar-refractivity contribution in [2.24, 2.45) is 0 Å². The lowest BCUT2D eigenvalue weighted by Gasteiger charge is -2.31. The zero-order valence-corrected chi connectivity index (χ0v) is 16.8. The van der Waals surface area contributed by atoms with Crippen LogP contribution in [-0.2, 0) is 14.6 Å². The number of carbonyl (C=O) groups is 1. The number of sulfone groups is 1. The molecule has 1 saturated heterocycles. The highest BCUT2D eigenvalue weighted by Crippen LogP contribution is 2.32. The van der Waals surface area contributed by atoms with Crippen molar-refractivity contribution in [3.05, 3.63) is 45.9 Å². The minimum atomic E-state index is -3.41. The molecule has 5 nitrogen and oxygen atoms in total. The van der Waals surface area contributed by atoms with Crippen molar-refractivity contribution in [3.63, 3.8) is 0 Å². The third-order valence-corrected chi connectivity index (χ3v) is 7.90. The second kappa shape index (κ2) is 7.88. The third-order valence-electron chi connectivity index (χ3n) is 4.93. The van der Waals surface area contributed by atoms with Crippen LogP contribution in [0.1, 0.15) is 40.8 Å². The van der Waals surface area contributed by atoms with Gasteiger partial charge in [0.05, 0.1) is 21.3 Å². The van der Waals surface area contributed by atoms with E-state index in [9.17, 15) is 13.2 Å². The lowest BCUT2D eigenvalue weighted by Crippen LogP contribution is -2.38. The number of hydrogen-bond donors (Lipinski definition) is 0. The van der Waals surface area contributed by atoms with Crippen LogP contribution in [0.5, 0.6) is 0 Å². The second-order valence-corrected chi connectivity index (χ2v) is 10.1. The molecule has 0 radical (unpaired) electrons. The van der Waals surface area contributed by atoms with Gasteiger partial charge in [0, 0.05) is 30.3 Å². The number of benzene rings is 1. The smallest absolute Gasteiger partial charge is 0.223 e. The number of amides is 1. The number of aromatic nitrogens is 1. The van der Waals surface area contributed by atoms with Crippen LogP contribution < -0.4 is 0 Å². The van der Waals surface area contributed by atoms with Gasteiger partial charge in [0.25, 0.3) is 0 Å². The molecule has 0 spiro atoms. The van der Waals surface area contributed by atoms with E-state index >= 15 is 0 Å². The van der Waals surface area contributed by atoms with Gasteiger partial charge in [-0.3, -0.25) is 4.79 Å². The van der Waals surface area contributed by atoms with Crippen LogP contribution in [0, 0.1) is 13.8 Å². The first-order valence-corrected chi connectivity index (χ1v) is 11.3. The molecule has 0 unspecified atom stereocenters. The lowest BCUT2D eigenvalue weighted by molar-refractivity contribution is -0.131. The number of carbonyl (C=O) groups excluding carboxylic acids is 1. The number of thiazole rings is 1. The summed E-state index contributed by atoms with van der Waals surface area (Å²) >= 11 is 1.75. The Kier molecular flexibility index (Phi) is 5.77. The average molecular weight is 393 g/mol. The predicted octanol–water partition coefficient (Wildman–Crippen LogP) is 3.33. The van der Waals surface area contributed by atoms with Gasteiger partial charge in [-0.05, 0) is 38.8 Å². The maximum Gasteiger partial charge on any atom is 0.223 e. The molecular formula is C19H24N2O3S2. The first-order valence-electron chi connectivity index (χ1n) is 8.86. The van der Waals surface area contributed by atoms with Crippen molar-refractivity contribution >= 4 is 27.1 Å². The zero-order valence-electron chi connectivity index (χ0n) is 15.1. The number of nitrogens with zero attached hydrogens (tertiary/aromatic N) is 2. The summed E-state index contributed by atoms with van der Waals surface area (Å²) in [6.07, 6.45) is 1.82. The summed E-state index contributed by atoms with van der Waals surface area (Å²) in [4.78, 5) is 20.4. The standard InChI is InChI=1S/C19H24N2O3S2/c1-14-15(2)25-19(20-14)16-8-11-21(12-9-16)18(22)10-13-26(23,24)17-6-4-3-5-7-17/h3-7,16H,8-13H2,1-2H3. The van der Waals surface area contributed by atoms with Gasteiger partial charge in [-0.2, -0.15) is 0 Å². The number of hydrogen-bond acceptors (Lipinski definition) is 5. The average Bonchev–Trinajstić information content (AvgIpc) is 2.99. The van der Waals surface area contributed by atoms with E-state index in [1.165, 1.54) is 9.88 Å². The Balaban J connectivity index is 1.52. The van der Waals surface area contributed by atoms with Crippen molar-refractivity contribution < 1.29 is 13.2 Å². The van der Waals surface area contributed by atoms with Gasteiger partial charge in [-0.15, -0.1) is 11.3 Å². The van der Waals surface area contributed by atoms with Gasteiger partial charge in [0.15, 0.2) is 9.84 Å². The topological polar surface area (TPSA) is 67.3 Å². The van der Waals surface area contributed by atoms with Gasteiger partial charge in [0.2, 0.25) is 5.91 Å². The van der Waals surface area contributed by atoms with Crippen LogP contribution in [0.25, 0.3) is 0 Å². The molecule has 2 aromatic rings. The summed E-state index contributed by atoms with van der Waals surface area (Å²) in [7, 11) is -3.41. The molecule has 1 fully saturated rings. The fourth-order valence-electron chi connectivity index (χ4n) is 3.17. The van der Waals surface area contributed by atoms with Crippen LogP contribution in [0.3, 0.4) is 0 Å². The summed E-state index contributed by atoms with van der Waals surface area (Å²) in [5, 5.41) is 1.17. The molecule has 0 saturated carbocycles. The minimum Gasteiger partial charge on any atom is -0.343 e. The Morgan fingerprint density at radius 2 is 1.85 bits per heavy atom. The summed E-state index contributed by atoms with van der Waals surface area (Å²) in [5.74, 6) is 0.194. The molecule has 1 aliphatic rings. The van der Waals surface area contributed by atoms with Crippen LogP contribution in [0.2, 0.25) is 0 Å². The Labute approximate surface area is 159 Å². The summed E-state index contributed by atoms with van der Waals surface area (Å²) in [6, 6.07) is 8.31. The number of aryl methyl sites for hydroxylation is 2. The molecule has 1 aromatic carbocycles. The normalized spacial score (nSPS) is 16.0. The van der Waals surface area contributed by atoms with Crippen LogP contribution in [0.15, 0.2) is 35.2 Å². The molecule has 0 aliphatic carbocycles. The maximum atomic E-state index is 12.4. The first kappa shape index (κ1) is 19.0. The molecule has 0 atom stereocenters. The molecule has 7 heteroatoms. The fraction of sp³-hybridized carbons (Fsp3) is 0.474. The van der Waals surface area contributed by atoms with E-state index < -0.39 is 9.84 Å². The number of rotatable bonds is 5. The lowest BCUT2D eigenvalue weighted by atomic mass is 9.97. The first-order chi connectivity index (χ1) is 12.4. The summed E-state index contributed by atoms with van der Waals surface area (Å²) < 4.78 is 24.6. The van der Waals surface area contributed by atoms with E-state index in [0.29, 0.717) is 19.0 Å². The fourth-order valence-corrected chi connectivity index (χ4v) is 5.52. The zero-order chi connectivity index (χ0) is 18.7. The van der Waals surface area contributed by atoms with Crippen molar-refractivity contribution in [1.29, 1.82) is 0 Å². The predicted molar refractivity (Wildman–Crippen MR) is 103 cm³/mol. The van der Waals surface area contributed by atoms with Crippen molar-refractivity contribution in [3.8, 4) is 0 Å².